The van der Waals surface area contributed by atoms with E-state index in [2.05, 4.69) is 57.8 Å². The molecule has 114 valence electrons. The molecule has 1 rings (SSSR count). The van der Waals surface area contributed by atoms with Crippen molar-refractivity contribution in [2.45, 2.75) is 59.9 Å². The van der Waals surface area contributed by atoms with Crippen molar-refractivity contribution >= 4 is 24.0 Å². The number of halogens is 1. The highest BCUT2D eigenvalue weighted by Gasteiger charge is 2.30. The molecule has 0 heterocycles. The fourth-order valence-corrected chi connectivity index (χ4v) is 2.61. The normalized spacial score (nSPS) is 23.4. The number of allylic oxidation sites excluding steroid dienone is 4. The van der Waals surface area contributed by atoms with Gasteiger partial charge in [-0.05, 0) is 46.0 Å². The first-order chi connectivity index (χ1) is 8.62. The lowest BCUT2D eigenvalue weighted by atomic mass is 9.68. The molecule has 1 nitrogen and oxygen atoms in total. The molecule has 0 aromatic carbocycles. The molecule has 0 bridgehead atoms. The molecule has 2 atom stereocenters. The molecule has 0 fully saturated rings. The van der Waals surface area contributed by atoms with Gasteiger partial charge in [0, 0.05) is 11.8 Å². The van der Waals surface area contributed by atoms with Crippen LogP contribution in [0.2, 0.25) is 0 Å². The molecule has 20 heavy (non-hydrogen) atoms. The van der Waals surface area contributed by atoms with Gasteiger partial charge in [-0.25, -0.2) is 0 Å². The van der Waals surface area contributed by atoms with Gasteiger partial charge in [0.2, 0.25) is 0 Å². The van der Waals surface area contributed by atoms with Crippen molar-refractivity contribution in [2.24, 2.45) is 23.0 Å². The zero-order chi connectivity index (χ0) is 14.7. The first kappa shape index (κ1) is 19.7. The smallest absolute Gasteiger partial charge is 0.0719 e. The van der Waals surface area contributed by atoms with Gasteiger partial charge in [0.1, 0.15) is 0 Å². The van der Waals surface area contributed by atoms with Gasteiger partial charge in [-0.1, -0.05) is 49.5 Å². The zero-order valence-electron chi connectivity index (χ0n) is 13.8. The van der Waals surface area contributed by atoms with Crippen LogP contribution in [0.4, 0.5) is 0 Å². The van der Waals surface area contributed by atoms with Crippen molar-refractivity contribution in [3.05, 3.63) is 23.8 Å². The molecule has 1 aliphatic rings. The SMILES string of the molecule is CC1=CCCC(C)(C)C1C=CC(C)C#CC(C)(C)N.I. The van der Waals surface area contributed by atoms with Gasteiger partial charge in [-0.3, -0.25) is 0 Å². The third-order valence-electron chi connectivity index (χ3n) is 3.80. The minimum absolute atomic E-state index is 0. The molecule has 2 N–H and O–H groups in total. The lowest BCUT2D eigenvalue weighted by Gasteiger charge is -2.36. The number of nitrogens with two attached hydrogens (primary N) is 1. The van der Waals surface area contributed by atoms with E-state index < -0.39 is 5.54 Å². The molecule has 0 spiro atoms. The largest absolute Gasteiger partial charge is 0.316 e. The van der Waals surface area contributed by atoms with Gasteiger partial charge in [0.15, 0.2) is 0 Å². The summed E-state index contributed by atoms with van der Waals surface area (Å²) in [4.78, 5) is 0. The Labute approximate surface area is 142 Å². The Hall–Kier alpha value is -0.270. The predicted molar refractivity (Wildman–Crippen MR) is 100 cm³/mol. The Morgan fingerprint density at radius 1 is 1.45 bits per heavy atom. The van der Waals surface area contributed by atoms with Crippen LogP contribution < -0.4 is 5.73 Å². The van der Waals surface area contributed by atoms with E-state index in [1.165, 1.54) is 18.4 Å². The fourth-order valence-electron chi connectivity index (χ4n) is 2.61. The van der Waals surface area contributed by atoms with Crippen LogP contribution in [0.3, 0.4) is 0 Å². The highest BCUT2D eigenvalue weighted by atomic mass is 127. The average molecular weight is 387 g/mol. The third-order valence-corrected chi connectivity index (χ3v) is 3.80. The zero-order valence-corrected chi connectivity index (χ0v) is 16.1. The quantitative estimate of drug-likeness (QED) is 0.406. The maximum Gasteiger partial charge on any atom is 0.0719 e. The fraction of sp³-hybridized carbons (Fsp3) is 0.667. The lowest BCUT2D eigenvalue weighted by molar-refractivity contribution is 0.255. The summed E-state index contributed by atoms with van der Waals surface area (Å²) in [7, 11) is 0. The van der Waals surface area contributed by atoms with Crippen LogP contribution in [0.15, 0.2) is 23.8 Å². The van der Waals surface area contributed by atoms with Gasteiger partial charge in [0.05, 0.1) is 5.54 Å². The molecule has 0 aromatic heterocycles. The summed E-state index contributed by atoms with van der Waals surface area (Å²) in [6.07, 6.45) is 9.41. The van der Waals surface area contributed by atoms with Crippen molar-refractivity contribution in [1.82, 2.24) is 0 Å². The summed E-state index contributed by atoms with van der Waals surface area (Å²) < 4.78 is 0. The summed E-state index contributed by atoms with van der Waals surface area (Å²) in [5.41, 5.74) is 7.33. The highest BCUT2D eigenvalue weighted by Crippen LogP contribution is 2.41. The summed E-state index contributed by atoms with van der Waals surface area (Å²) in [6, 6.07) is 0. The minimum atomic E-state index is -0.401. The second-order valence-electron chi connectivity index (χ2n) is 7.12. The van der Waals surface area contributed by atoms with Crippen LogP contribution in [0, 0.1) is 29.1 Å². The van der Waals surface area contributed by atoms with E-state index in [1.54, 1.807) is 0 Å². The molecule has 0 aromatic rings. The van der Waals surface area contributed by atoms with E-state index in [9.17, 15) is 0 Å². The molecule has 0 radical (unpaired) electrons. The molecule has 0 aliphatic heterocycles. The van der Waals surface area contributed by atoms with Gasteiger partial charge in [0.25, 0.3) is 0 Å². The van der Waals surface area contributed by atoms with E-state index in [-0.39, 0.29) is 29.9 Å². The topological polar surface area (TPSA) is 26.0 Å². The van der Waals surface area contributed by atoms with Gasteiger partial charge >= 0.3 is 0 Å². The van der Waals surface area contributed by atoms with E-state index in [0.717, 1.165) is 0 Å². The van der Waals surface area contributed by atoms with Gasteiger partial charge < -0.3 is 5.73 Å². The molecule has 0 saturated carbocycles. The van der Waals surface area contributed by atoms with E-state index in [1.807, 2.05) is 13.8 Å². The first-order valence-electron chi connectivity index (χ1n) is 7.28. The van der Waals surface area contributed by atoms with Crippen LogP contribution in [0.1, 0.15) is 54.4 Å². The van der Waals surface area contributed by atoms with Crippen molar-refractivity contribution in [2.75, 3.05) is 0 Å². The summed E-state index contributed by atoms with van der Waals surface area (Å²) in [5, 5.41) is 0. The molecule has 0 saturated heterocycles. The Kier molecular flexibility index (Phi) is 7.55. The van der Waals surface area contributed by atoms with Crippen LogP contribution in [0.5, 0.6) is 0 Å². The van der Waals surface area contributed by atoms with E-state index in [4.69, 9.17) is 5.73 Å². The predicted octanol–water partition coefficient (Wildman–Crippen LogP) is 4.92. The minimum Gasteiger partial charge on any atom is -0.316 e. The van der Waals surface area contributed by atoms with Gasteiger partial charge in [-0.2, -0.15) is 0 Å². The number of hydrogen-bond donors (Lipinski definition) is 1. The van der Waals surface area contributed by atoms with E-state index >= 15 is 0 Å². The maximum absolute atomic E-state index is 5.88. The van der Waals surface area contributed by atoms with Crippen LogP contribution in [-0.4, -0.2) is 5.54 Å². The van der Waals surface area contributed by atoms with Crippen molar-refractivity contribution in [1.29, 1.82) is 0 Å². The first-order valence-corrected chi connectivity index (χ1v) is 7.28. The molecular weight excluding hydrogens is 357 g/mol. The van der Waals surface area contributed by atoms with Crippen molar-refractivity contribution in [3.63, 3.8) is 0 Å². The second kappa shape index (κ2) is 7.66. The summed E-state index contributed by atoms with van der Waals surface area (Å²) >= 11 is 0. The molecular formula is C18H30IN. The molecule has 2 heteroatoms. The number of hydrogen-bond acceptors (Lipinski definition) is 1. The summed E-state index contributed by atoms with van der Waals surface area (Å²) in [6.45, 7) is 13.0. The Balaban J connectivity index is 0.00000361. The van der Waals surface area contributed by atoms with Crippen LogP contribution >= 0.6 is 24.0 Å². The molecule has 1 aliphatic carbocycles. The monoisotopic (exact) mass is 387 g/mol. The Morgan fingerprint density at radius 2 is 2.05 bits per heavy atom. The maximum atomic E-state index is 5.88. The van der Waals surface area contributed by atoms with Gasteiger partial charge in [-0.15, -0.1) is 24.0 Å². The van der Waals surface area contributed by atoms with Crippen molar-refractivity contribution < 1.29 is 0 Å². The Bertz CT molecular complexity index is 427. The summed E-state index contributed by atoms with van der Waals surface area (Å²) in [5.74, 6) is 7.12. The van der Waals surface area contributed by atoms with Crippen molar-refractivity contribution in [3.8, 4) is 11.8 Å². The van der Waals surface area contributed by atoms with E-state index in [0.29, 0.717) is 11.3 Å². The standard InChI is InChI=1S/C18H29N.HI/c1-14(11-13-18(5,6)19)9-10-16-15(2)8-7-12-17(16,3)4;/h8-10,14,16H,7,12,19H2,1-6H3;1H. The second-order valence-corrected chi connectivity index (χ2v) is 7.12. The average Bonchev–Trinajstić information content (AvgIpc) is 2.23. The molecule has 2 unspecified atom stereocenters. The third kappa shape index (κ3) is 6.45. The Morgan fingerprint density at radius 3 is 2.55 bits per heavy atom. The number of rotatable bonds is 2. The van der Waals surface area contributed by atoms with Crippen LogP contribution in [0.25, 0.3) is 0 Å². The van der Waals surface area contributed by atoms with Crippen LogP contribution in [-0.2, 0) is 0 Å². The lowest BCUT2D eigenvalue weighted by Crippen LogP contribution is -2.29. The molecule has 0 amide bonds. The highest BCUT2D eigenvalue weighted by molar-refractivity contribution is 14.0.